The molecule has 7 nitrogen and oxygen atoms in total. The van der Waals surface area contributed by atoms with Crippen molar-refractivity contribution in [3.8, 4) is 16.3 Å². The van der Waals surface area contributed by atoms with Crippen LogP contribution in [0.2, 0.25) is 0 Å². The highest BCUT2D eigenvalue weighted by molar-refractivity contribution is 7.14. The molecular formula is C23H16N2O5S. The number of aromatic carboxylic acids is 1. The van der Waals surface area contributed by atoms with Gasteiger partial charge in [-0.1, -0.05) is 30.3 Å². The third-order valence-corrected chi connectivity index (χ3v) is 6.00. The average Bonchev–Trinajstić information content (AvgIpc) is 3.48. The Morgan fingerprint density at radius 2 is 1.90 bits per heavy atom. The van der Waals surface area contributed by atoms with Gasteiger partial charge in [-0.25, -0.2) is 4.79 Å². The Morgan fingerprint density at radius 1 is 1.10 bits per heavy atom. The van der Waals surface area contributed by atoms with Gasteiger partial charge in [-0.2, -0.15) is 0 Å². The molecule has 0 bridgehead atoms. The number of carboxylic acids is 1. The molecule has 8 heteroatoms. The van der Waals surface area contributed by atoms with Crippen molar-refractivity contribution in [2.45, 2.75) is 0 Å². The zero-order valence-electron chi connectivity index (χ0n) is 16.3. The van der Waals surface area contributed by atoms with Crippen LogP contribution in [0, 0.1) is 0 Å². The number of nitrogens with one attached hydrogen (secondary N) is 2. The average molecular weight is 432 g/mol. The minimum atomic E-state index is -1.14. The highest BCUT2D eigenvalue weighted by atomic mass is 32.1. The van der Waals surface area contributed by atoms with Crippen molar-refractivity contribution in [2.24, 2.45) is 0 Å². The monoisotopic (exact) mass is 432 g/mol. The van der Waals surface area contributed by atoms with Gasteiger partial charge in [0.2, 0.25) is 0 Å². The number of benzene rings is 2. The van der Waals surface area contributed by atoms with Crippen LogP contribution in [-0.2, 0) is 0 Å². The van der Waals surface area contributed by atoms with E-state index in [0.29, 0.717) is 21.9 Å². The summed E-state index contributed by atoms with van der Waals surface area (Å²) in [6.45, 7) is 0. The third kappa shape index (κ3) is 3.23. The Labute approximate surface area is 179 Å². The summed E-state index contributed by atoms with van der Waals surface area (Å²) < 4.78 is 11.0. The van der Waals surface area contributed by atoms with Crippen molar-refractivity contribution < 1.29 is 23.8 Å². The van der Waals surface area contributed by atoms with Crippen molar-refractivity contribution in [1.29, 1.82) is 0 Å². The number of H-pyrrole nitrogens is 1. The number of aromatic amines is 1. The number of anilines is 1. The third-order valence-electron chi connectivity index (χ3n) is 4.98. The largest absolute Gasteiger partial charge is 0.495 e. The molecule has 0 unspecified atom stereocenters. The van der Waals surface area contributed by atoms with E-state index in [1.54, 1.807) is 24.6 Å². The quantitative estimate of drug-likeness (QED) is 0.335. The zero-order valence-corrected chi connectivity index (χ0v) is 17.1. The smallest absolute Gasteiger partial charge is 0.339 e. The maximum atomic E-state index is 12.7. The predicted octanol–water partition coefficient (Wildman–Crippen LogP) is 5.60. The van der Waals surface area contributed by atoms with Crippen molar-refractivity contribution in [1.82, 2.24) is 4.98 Å². The van der Waals surface area contributed by atoms with Crippen LogP contribution in [0.4, 0.5) is 5.69 Å². The number of furan rings is 1. The normalized spacial score (nSPS) is 11.1. The first kappa shape index (κ1) is 19.0. The second kappa shape index (κ2) is 7.33. The maximum absolute atomic E-state index is 12.7. The zero-order chi connectivity index (χ0) is 21.5. The van der Waals surface area contributed by atoms with Crippen molar-refractivity contribution in [3.05, 3.63) is 71.3 Å². The van der Waals surface area contributed by atoms with E-state index in [9.17, 15) is 14.7 Å². The molecule has 2 aromatic carbocycles. The summed E-state index contributed by atoms with van der Waals surface area (Å²) in [7, 11) is 1.58. The van der Waals surface area contributed by atoms with E-state index >= 15 is 0 Å². The van der Waals surface area contributed by atoms with Gasteiger partial charge < -0.3 is 24.6 Å². The van der Waals surface area contributed by atoms with E-state index in [-0.39, 0.29) is 17.0 Å². The maximum Gasteiger partial charge on any atom is 0.339 e. The molecule has 3 N–H and O–H groups in total. The lowest BCUT2D eigenvalue weighted by Crippen LogP contribution is -2.13. The summed E-state index contributed by atoms with van der Waals surface area (Å²) >= 11 is 1.23. The van der Waals surface area contributed by atoms with E-state index in [4.69, 9.17) is 9.15 Å². The molecule has 0 saturated carbocycles. The molecule has 0 aliphatic rings. The van der Waals surface area contributed by atoms with Gasteiger partial charge in [0, 0.05) is 16.2 Å². The molecule has 0 aliphatic heterocycles. The second-order valence-electron chi connectivity index (χ2n) is 6.87. The number of hydrogen-bond acceptors (Lipinski definition) is 5. The number of amides is 1. The fraction of sp³-hybridized carbons (Fsp3) is 0.0435. The number of thiophene rings is 1. The first-order chi connectivity index (χ1) is 15.0. The Morgan fingerprint density at radius 3 is 2.68 bits per heavy atom. The Hall–Kier alpha value is -4.04. The Bertz CT molecular complexity index is 1430. The van der Waals surface area contributed by atoms with Gasteiger partial charge >= 0.3 is 5.97 Å². The van der Waals surface area contributed by atoms with Crippen molar-refractivity contribution >= 4 is 50.8 Å². The minimum Gasteiger partial charge on any atom is -0.495 e. The van der Waals surface area contributed by atoms with Gasteiger partial charge in [0.25, 0.3) is 5.91 Å². The second-order valence-corrected chi connectivity index (χ2v) is 7.75. The number of para-hydroxylation sites is 2. The van der Waals surface area contributed by atoms with Gasteiger partial charge in [-0.05, 0) is 24.3 Å². The first-order valence-corrected chi connectivity index (χ1v) is 10.2. The summed E-state index contributed by atoms with van der Waals surface area (Å²) in [5.41, 5.74) is 2.22. The lowest BCUT2D eigenvalue weighted by molar-refractivity contribution is 0.0699. The molecule has 0 spiro atoms. The molecule has 0 fully saturated rings. The summed E-state index contributed by atoms with van der Waals surface area (Å²) in [6, 6.07) is 16.4. The fourth-order valence-corrected chi connectivity index (χ4v) is 4.52. The van der Waals surface area contributed by atoms with Crippen LogP contribution in [0.25, 0.3) is 32.4 Å². The molecule has 5 rings (SSSR count). The van der Waals surface area contributed by atoms with Crippen LogP contribution in [0.3, 0.4) is 0 Å². The highest BCUT2D eigenvalue weighted by Crippen LogP contribution is 2.38. The molecule has 3 aromatic heterocycles. The van der Waals surface area contributed by atoms with E-state index in [2.05, 4.69) is 10.3 Å². The number of hydrogen-bond donors (Lipinski definition) is 3. The van der Waals surface area contributed by atoms with E-state index in [1.165, 1.54) is 11.3 Å². The summed E-state index contributed by atoms with van der Waals surface area (Å²) in [5, 5.41) is 15.8. The molecule has 5 aromatic rings. The van der Waals surface area contributed by atoms with Crippen LogP contribution in [0.15, 0.2) is 64.4 Å². The summed E-state index contributed by atoms with van der Waals surface area (Å²) in [4.78, 5) is 28.5. The number of carbonyl (C=O) groups is 2. The summed E-state index contributed by atoms with van der Waals surface area (Å²) in [6.07, 6.45) is 0. The highest BCUT2D eigenvalue weighted by Gasteiger charge is 2.24. The number of carboxylic acid groups (broad SMARTS) is 1. The van der Waals surface area contributed by atoms with Crippen LogP contribution in [-0.4, -0.2) is 29.1 Å². The van der Waals surface area contributed by atoms with Gasteiger partial charge in [-0.15, -0.1) is 11.3 Å². The standard InChI is InChI=1S/C23H16N2O5S/c1-29-17-8-4-6-13-9-14(24-20(13)17)21-19(23(27)28)15(11-31-21)25-22(26)18-10-12-5-2-3-7-16(12)30-18/h2-11,24H,1H3,(H,25,26)(H,27,28). The fourth-order valence-electron chi connectivity index (χ4n) is 3.56. The van der Waals surface area contributed by atoms with Crippen LogP contribution >= 0.6 is 11.3 Å². The van der Waals surface area contributed by atoms with Crippen molar-refractivity contribution in [2.75, 3.05) is 12.4 Å². The molecule has 0 atom stereocenters. The molecule has 154 valence electrons. The van der Waals surface area contributed by atoms with Crippen molar-refractivity contribution in [3.63, 3.8) is 0 Å². The topological polar surface area (TPSA) is 105 Å². The lowest BCUT2D eigenvalue weighted by atomic mass is 10.1. The Balaban J connectivity index is 1.52. The SMILES string of the molecule is COc1cccc2cc(-c3scc(NC(=O)c4cc5ccccc5o4)c3C(=O)O)[nH]c12. The molecule has 3 heterocycles. The van der Waals surface area contributed by atoms with Crippen LogP contribution in [0.1, 0.15) is 20.9 Å². The molecule has 0 aliphatic carbocycles. The molecule has 1 amide bonds. The van der Waals surface area contributed by atoms with Crippen LogP contribution < -0.4 is 10.1 Å². The van der Waals surface area contributed by atoms with Gasteiger partial charge in [0.05, 0.1) is 28.9 Å². The number of rotatable bonds is 5. The van der Waals surface area contributed by atoms with E-state index in [0.717, 1.165) is 16.3 Å². The minimum absolute atomic E-state index is 0.0139. The number of fused-ring (bicyclic) bond motifs is 2. The molecule has 0 radical (unpaired) electrons. The summed E-state index contributed by atoms with van der Waals surface area (Å²) in [5.74, 6) is -0.876. The number of aromatic nitrogens is 1. The number of carbonyl (C=O) groups excluding carboxylic acids is 1. The first-order valence-electron chi connectivity index (χ1n) is 9.36. The number of methoxy groups -OCH3 is 1. The molecule has 0 saturated heterocycles. The predicted molar refractivity (Wildman–Crippen MR) is 119 cm³/mol. The Kier molecular flexibility index (Phi) is 4.48. The van der Waals surface area contributed by atoms with E-state index in [1.807, 2.05) is 42.5 Å². The molecular weight excluding hydrogens is 416 g/mol. The van der Waals surface area contributed by atoms with Gasteiger partial charge in [-0.3, -0.25) is 4.79 Å². The van der Waals surface area contributed by atoms with E-state index < -0.39 is 11.9 Å². The lowest BCUT2D eigenvalue weighted by Gasteiger charge is -2.04. The van der Waals surface area contributed by atoms with Gasteiger partial charge in [0.1, 0.15) is 16.9 Å². The van der Waals surface area contributed by atoms with Gasteiger partial charge in [0.15, 0.2) is 5.76 Å². The molecule has 31 heavy (non-hydrogen) atoms. The van der Waals surface area contributed by atoms with Crippen LogP contribution in [0.5, 0.6) is 5.75 Å². The number of ether oxygens (including phenoxy) is 1.